The Labute approximate surface area is 111 Å². The molecule has 1 heterocycles. The second-order valence-electron chi connectivity index (χ2n) is 4.36. The Morgan fingerprint density at radius 2 is 1.84 bits per heavy atom. The van der Waals surface area contributed by atoms with Gasteiger partial charge in [-0.2, -0.15) is 0 Å². The van der Waals surface area contributed by atoms with Crippen LogP contribution in [0, 0.1) is 17.0 Å². The minimum Gasteiger partial charge on any atom is -0.372 e. The zero-order valence-corrected chi connectivity index (χ0v) is 10.6. The van der Waals surface area contributed by atoms with E-state index in [2.05, 4.69) is 10.3 Å². The highest BCUT2D eigenvalue weighted by atomic mass is 16.6. The molecule has 2 aromatic rings. The molecule has 98 valence electrons. The van der Waals surface area contributed by atoms with Gasteiger partial charge in [0.15, 0.2) is 0 Å². The monoisotopic (exact) mass is 257 g/mol. The van der Waals surface area contributed by atoms with Gasteiger partial charge >= 0.3 is 0 Å². The number of benzene rings is 1. The van der Waals surface area contributed by atoms with Crippen molar-refractivity contribution in [3.05, 3.63) is 70.0 Å². The van der Waals surface area contributed by atoms with Gasteiger partial charge < -0.3 is 5.32 Å². The number of nitrogens with zero attached hydrogens (tertiary/aromatic N) is 2. The second-order valence-corrected chi connectivity index (χ2v) is 4.36. The Morgan fingerprint density at radius 1 is 1.21 bits per heavy atom. The van der Waals surface area contributed by atoms with Crippen molar-refractivity contribution in [3.63, 3.8) is 0 Å². The highest BCUT2D eigenvalue weighted by Gasteiger charge is 2.17. The van der Waals surface area contributed by atoms with Gasteiger partial charge in [-0.1, -0.05) is 17.7 Å². The second kappa shape index (κ2) is 5.95. The summed E-state index contributed by atoms with van der Waals surface area (Å²) in [6.07, 6.45) is 3.28. The van der Waals surface area contributed by atoms with Gasteiger partial charge in [0.05, 0.1) is 0 Å². The summed E-state index contributed by atoms with van der Waals surface area (Å²) in [6, 6.07) is 11.0. The zero-order valence-electron chi connectivity index (χ0n) is 10.6. The molecule has 0 aliphatic heterocycles. The van der Waals surface area contributed by atoms with Crippen molar-refractivity contribution in [2.45, 2.75) is 13.0 Å². The van der Waals surface area contributed by atoms with Gasteiger partial charge in [-0.05, 0) is 36.8 Å². The summed E-state index contributed by atoms with van der Waals surface area (Å²) in [6.45, 7) is 1.83. The number of aromatic nitrogens is 1. The van der Waals surface area contributed by atoms with Crippen molar-refractivity contribution >= 4 is 5.69 Å². The number of rotatable bonds is 5. The van der Waals surface area contributed by atoms with Crippen molar-refractivity contribution in [1.82, 2.24) is 4.98 Å². The molecule has 0 bridgehead atoms. The lowest BCUT2D eigenvalue weighted by Crippen LogP contribution is -2.20. The summed E-state index contributed by atoms with van der Waals surface area (Å²) in [5, 5.41) is 14.0. The topological polar surface area (TPSA) is 68.1 Å². The fourth-order valence-electron chi connectivity index (χ4n) is 1.83. The SMILES string of the molecule is Cc1ccc(NC(C[N+](=O)[O-])c2ccncc2)cc1. The molecule has 1 unspecified atom stereocenters. The molecule has 0 aliphatic rings. The summed E-state index contributed by atoms with van der Waals surface area (Å²) >= 11 is 0. The molecule has 0 radical (unpaired) electrons. The highest BCUT2D eigenvalue weighted by molar-refractivity contribution is 5.46. The molecule has 1 atom stereocenters. The predicted octanol–water partition coefficient (Wildman–Crippen LogP) is 2.82. The normalized spacial score (nSPS) is 11.8. The van der Waals surface area contributed by atoms with Crippen LogP contribution in [-0.2, 0) is 0 Å². The molecule has 0 saturated heterocycles. The molecule has 0 spiro atoms. The maximum atomic E-state index is 10.8. The minimum atomic E-state index is -0.360. The van der Waals surface area contributed by atoms with Crippen molar-refractivity contribution in [2.75, 3.05) is 11.9 Å². The number of aryl methyl sites for hydroxylation is 1. The van der Waals surface area contributed by atoms with Crippen LogP contribution in [0.1, 0.15) is 17.2 Å². The maximum absolute atomic E-state index is 10.8. The molecular weight excluding hydrogens is 242 g/mol. The first-order valence-electron chi connectivity index (χ1n) is 6.00. The van der Waals surface area contributed by atoms with Gasteiger partial charge in [0.2, 0.25) is 6.54 Å². The Bertz CT molecular complexity index is 540. The molecule has 5 heteroatoms. The average Bonchev–Trinajstić information content (AvgIpc) is 2.41. The van der Waals surface area contributed by atoms with Crippen LogP contribution in [0.3, 0.4) is 0 Å². The fraction of sp³-hybridized carbons (Fsp3) is 0.214. The van der Waals surface area contributed by atoms with E-state index in [0.29, 0.717) is 0 Å². The summed E-state index contributed by atoms with van der Waals surface area (Å²) < 4.78 is 0. The lowest BCUT2D eigenvalue weighted by Gasteiger charge is -2.16. The quantitative estimate of drug-likeness (QED) is 0.660. The highest BCUT2D eigenvalue weighted by Crippen LogP contribution is 2.19. The van der Waals surface area contributed by atoms with E-state index < -0.39 is 0 Å². The van der Waals surface area contributed by atoms with Gasteiger partial charge in [-0.25, -0.2) is 0 Å². The lowest BCUT2D eigenvalue weighted by atomic mass is 10.1. The molecule has 5 nitrogen and oxygen atoms in total. The maximum Gasteiger partial charge on any atom is 0.227 e. The summed E-state index contributed by atoms with van der Waals surface area (Å²) in [4.78, 5) is 14.4. The van der Waals surface area contributed by atoms with Crippen LogP contribution in [0.25, 0.3) is 0 Å². The molecule has 2 rings (SSSR count). The van der Waals surface area contributed by atoms with Crippen LogP contribution in [0.5, 0.6) is 0 Å². The zero-order chi connectivity index (χ0) is 13.7. The Morgan fingerprint density at radius 3 is 2.42 bits per heavy atom. The largest absolute Gasteiger partial charge is 0.372 e. The molecule has 0 fully saturated rings. The lowest BCUT2D eigenvalue weighted by molar-refractivity contribution is -0.482. The van der Waals surface area contributed by atoms with E-state index in [0.717, 1.165) is 16.8 Å². The van der Waals surface area contributed by atoms with E-state index in [1.807, 2.05) is 31.2 Å². The average molecular weight is 257 g/mol. The predicted molar refractivity (Wildman–Crippen MR) is 73.6 cm³/mol. The van der Waals surface area contributed by atoms with Crippen LogP contribution in [0.2, 0.25) is 0 Å². The molecule has 0 amide bonds. The Kier molecular flexibility index (Phi) is 4.07. The van der Waals surface area contributed by atoms with Crippen LogP contribution >= 0.6 is 0 Å². The number of hydrogen-bond donors (Lipinski definition) is 1. The number of hydrogen-bond acceptors (Lipinski definition) is 4. The number of nitrogens with one attached hydrogen (secondary N) is 1. The summed E-state index contributed by atoms with van der Waals surface area (Å²) in [5.41, 5.74) is 2.88. The van der Waals surface area contributed by atoms with Crippen LogP contribution in [0.4, 0.5) is 5.69 Å². The molecule has 1 aromatic carbocycles. The van der Waals surface area contributed by atoms with Crippen molar-refractivity contribution < 1.29 is 4.92 Å². The first-order valence-corrected chi connectivity index (χ1v) is 6.00. The third kappa shape index (κ3) is 3.77. The minimum absolute atomic E-state index is 0.169. The smallest absolute Gasteiger partial charge is 0.227 e. The van der Waals surface area contributed by atoms with Gasteiger partial charge in [0.25, 0.3) is 0 Å². The van der Waals surface area contributed by atoms with E-state index in [-0.39, 0.29) is 17.5 Å². The van der Waals surface area contributed by atoms with Gasteiger partial charge in [-0.15, -0.1) is 0 Å². The van der Waals surface area contributed by atoms with E-state index in [1.165, 1.54) is 0 Å². The molecule has 1 N–H and O–H groups in total. The summed E-state index contributed by atoms with van der Waals surface area (Å²) in [5.74, 6) is 0. The Balaban J connectivity index is 2.19. The van der Waals surface area contributed by atoms with E-state index in [4.69, 9.17) is 0 Å². The first kappa shape index (κ1) is 13.0. The number of pyridine rings is 1. The van der Waals surface area contributed by atoms with Crippen molar-refractivity contribution in [2.24, 2.45) is 0 Å². The third-order valence-electron chi connectivity index (χ3n) is 2.83. The van der Waals surface area contributed by atoms with E-state index in [1.54, 1.807) is 24.5 Å². The standard InChI is InChI=1S/C14H15N3O2/c1-11-2-4-13(5-3-11)16-14(10-17(18)19)12-6-8-15-9-7-12/h2-9,14,16H,10H2,1H3. The number of nitro groups is 1. The first-order chi connectivity index (χ1) is 9.15. The Hall–Kier alpha value is -2.43. The molecule has 19 heavy (non-hydrogen) atoms. The molecular formula is C14H15N3O2. The van der Waals surface area contributed by atoms with Crippen molar-refractivity contribution in [1.29, 1.82) is 0 Å². The molecule has 1 aromatic heterocycles. The number of anilines is 1. The summed E-state index contributed by atoms with van der Waals surface area (Å²) in [7, 11) is 0. The van der Waals surface area contributed by atoms with Crippen LogP contribution in [-0.4, -0.2) is 16.5 Å². The molecule has 0 saturated carbocycles. The van der Waals surface area contributed by atoms with Gasteiger partial charge in [0.1, 0.15) is 6.04 Å². The fourth-order valence-corrected chi connectivity index (χ4v) is 1.83. The molecule has 0 aliphatic carbocycles. The van der Waals surface area contributed by atoms with Crippen LogP contribution in [0.15, 0.2) is 48.8 Å². The van der Waals surface area contributed by atoms with E-state index >= 15 is 0 Å². The van der Waals surface area contributed by atoms with Crippen LogP contribution < -0.4 is 5.32 Å². The van der Waals surface area contributed by atoms with E-state index in [9.17, 15) is 10.1 Å². The van der Waals surface area contributed by atoms with Gasteiger partial charge in [-0.3, -0.25) is 15.1 Å². The van der Waals surface area contributed by atoms with Crippen molar-refractivity contribution in [3.8, 4) is 0 Å². The third-order valence-corrected chi connectivity index (χ3v) is 2.83. The van der Waals surface area contributed by atoms with Gasteiger partial charge in [0, 0.05) is 23.0 Å².